The lowest BCUT2D eigenvalue weighted by Crippen LogP contribution is -2.39. The fraction of sp³-hybridized carbons (Fsp3) is 0.348. The molecule has 3 aromatic rings. The minimum absolute atomic E-state index is 0.206. The van der Waals surface area contributed by atoms with E-state index in [0.29, 0.717) is 58.5 Å². The van der Waals surface area contributed by atoms with E-state index in [9.17, 15) is 14.0 Å². The molecule has 1 aliphatic heterocycles. The van der Waals surface area contributed by atoms with E-state index in [1.165, 1.54) is 31.0 Å². The normalized spacial score (nSPS) is 14.5. The minimum Gasteiger partial charge on any atom is -0.465 e. The molecular formula is C23H23ClFN3O4S. The van der Waals surface area contributed by atoms with Gasteiger partial charge in [0.05, 0.1) is 36.8 Å². The number of halogens is 2. The van der Waals surface area contributed by atoms with Gasteiger partial charge in [-0.3, -0.25) is 14.3 Å². The Labute approximate surface area is 199 Å². The van der Waals surface area contributed by atoms with E-state index in [-0.39, 0.29) is 11.3 Å². The first kappa shape index (κ1) is 23.7. The first-order chi connectivity index (χ1) is 16.0. The van der Waals surface area contributed by atoms with E-state index < -0.39 is 11.8 Å². The maximum atomic E-state index is 14.3. The smallest absolute Gasteiger partial charge is 0.337 e. The second-order valence-corrected chi connectivity index (χ2v) is 8.87. The third kappa shape index (κ3) is 5.38. The van der Waals surface area contributed by atoms with Gasteiger partial charge in [0, 0.05) is 42.5 Å². The Balaban J connectivity index is 1.70. The van der Waals surface area contributed by atoms with Gasteiger partial charge in [-0.05, 0) is 30.3 Å². The predicted octanol–water partition coefficient (Wildman–Crippen LogP) is 3.60. The van der Waals surface area contributed by atoms with Crippen molar-refractivity contribution in [2.75, 3.05) is 40.0 Å². The average molecular weight is 492 g/mol. The Bertz CT molecular complexity index is 1210. The van der Waals surface area contributed by atoms with Crippen molar-refractivity contribution in [3.63, 3.8) is 0 Å². The number of nitrogens with zero attached hydrogens (tertiary/aromatic N) is 3. The van der Waals surface area contributed by atoms with Gasteiger partial charge in [-0.25, -0.2) is 14.2 Å². The van der Waals surface area contributed by atoms with E-state index in [0.717, 1.165) is 13.1 Å². The van der Waals surface area contributed by atoms with Crippen molar-refractivity contribution in [1.29, 1.82) is 0 Å². The monoisotopic (exact) mass is 491 g/mol. The molecule has 0 unspecified atom stereocenters. The molecule has 10 heteroatoms. The maximum Gasteiger partial charge on any atom is 0.337 e. The number of aromatic nitrogens is 2. The molecule has 1 aliphatic rings. The van der Waals surface area contributed by atoms with Crippen molar-refractivity contribution in [3.05, 3.63) is 68.7 Å². The third-order valence-corrected chi connectivity index (χ3v) is 6.85. The summed E-state index contributed by atoms with van der Waals surface area (Å²) in [5, 5.41) is 1.15. The Morgan fingerprint density at radius 2 is 2.03 bits per heavy atom. The predicted molar refractivity (Wildman–Crippen MR) is 126 cm³/mol. The number of fused-ring (bicyclic) bond motifs is 1. The number of ether oxygens (including phenoxy) is 2. The van der Waals surface area contributed by atoms with Crippen molar-refractivity contribution in [1.82, 2.24) is 14.5 Å². The molecule has 1 aromatic heterocycles. The number of morpholine rings is 1. The summed E-state index contributed by atoms with van der Waals surface area (Å²) in [6.07, 6.45) is 0. The molecule has 2 heterocycles. The maximum absolute atomic E-state index is 14.3. The molecule has 1 fully saturated rings. The summed E-state index contributed by atoms with van der Waals surface area (Å²) in [7, 11) is 1.29. The number of rotatable bonds is 7. The molecule has 0 N–H and O–H groups in total. The first-order valence-electron chi connectivity index (χ1n) is 10.5. The van der Waals surface area contributed by atoms with Gasteiger partial charge in [0.1, 0.15) is 5.82 Å². The van der Waals surface area contributed by atoms with Crippen LogP contribution in [-0.4, -0.2) is 60.4 Å². The Morgan fingerprint density at radius 1 is 1.24 bits per heavy atom. The van der Waals surface area contributed by atoms with Gasteiger partial charge < -0.3 is 9.47 Å². The van der Waals surface area contributed by atoms with Gasteiger partial charge in [-0.15, -0.1) is 0 Å². The lowest BCUT2D eigenvalue weighted by molar-refractivity contribution is 0.0359. The average Bonchev–Trinajstić information content (AvgIpc) is 2.83. The molecule has 0 bridgehead atoms. The lowest BCUT2D eigenvalue weighted by Gasteiger charge is -2.27. The highest BCUT2D eigenvalue weighted by Crippen LogP contribution is 2.28. The zero-order chi connectivity index (χ0) is 23.4. The highest BCUT2D eigenvalue weighted by Gasteiger charge is 2.18. The van der Waals surface area contributed by atoms with Crippen LogP contribution >= 0.6 is 23.4 Å². The fourth-order valence-corrected chi connectivity index (χ4v) is 4.99. The molecule has 0 radical (unpaired) electrons. The minimum atomic E-state index is -0.512. The van der Waals surface area contributed by atoms with E-state index in [1.807, 2.05) is 0 Å². The molecule has 7 nitrogen and oxygen atoms in total. The second-order valence-electron chi connectivity index (χ2n) is 7.52. The molecule has 174 valence electrons. The quantitative estimate of drug-likeness (QED) is 0.284. The highest BCUT2D eigenvalue weighted by molar-refractivity contribution is 7.98. The Hall–Kier alpha value is -2.46. The van der Waals surface area contributed by atoms with Crippen LogP contribution in [0.25, 0.3) is 10.9 Å². The van der Waals surface area contributed by atoms with Gasteiger partial charge in [-0.2, -0.15) is 0 Å². The number of esters is 1. The molecule has 1 saturated heterocycles. The van der Waals surface area contributed by atoms with Crippen molar-refractivity contribution in [3.8, 4) is 0 Å². The van der Waals surface area contributed by atoms with E-state index in [2.05, 4.69) is 9.88 Å². The van der Waals surface area contributed by atoms with Crippen LogP contribution in [-0.2, 0) is 21.8 Å². The molecule has 0 amide bonds. The SMILES string of the molecule is COC(=O)c1ccc2c(=O)n(CCN3CCOCC3)c(SCc3c(F)cccc3Cl)nc2c1. The van der Waals surface area contributed by atoms with Gasteiger partial charge in [0.25, 0.3) is 5.56 Å². The summed E-state index contributed by atoms with van der Waals surface area (Å²) in [5.41, 5.74) is 0.817. The summed E-state index contributed by atoms with van der Waals surface area (Å²) >= 11 is 7.42. The molecule has 2 aromatic carbocycles. The van der Waals surface area contributed by atoms with Crippen LogP contribution in [0.4, 0.5) is 4.39 Å². The van der Waals surface area contributed by atoms with Crippen molar-refractivity contribution in [2.24, 2.45) is 0 Å². The fourth-order valence-electron chi connectivity index (χ4n) is 3.63. The summed E-state index contributed by atoms with van der Waals surface area (Å²) < 4.78 is 26.1. The van der Waals surface area contributed by atoms with Crippen LogP contribution in [0.5, 0.6) is 0 Å². The molecular weight excluding hydrogens is 469 g/mol. The molecule has 0 aliphatic carbocycles. The summed E-state index contributed by atoms with van der Waals surface area (Å²) in [4.78, 5) is 32.2. The Morgan fingerprint density at radius 3 is 2.76 bits per heavy atom. The first-order valence-corrected chi connectivity index (χ1v) is 11.8. The number of thioether (sulfide) groups is 1. The van der Waals surface area contributed by atoms with Gasteiger partial charge >= 0.3 is 5.97 Å². The zero-order valence-electron chi connectivity index (χ0n) is 18.1. The van der Waals surface area contributed by atoms with Crippen molar-refractivity contribution in [2.45, 2.75) is 17.5 Å². The number of methoxy groups -OCH3 is 1. The number of hydrogen-bond acceptors (Lipinski definition) is 7. The van der Waals surface area contributed by atoms with Crippen LogP contribution in [0, 0.1) is 5.82 Å². The number of hydrogen-bond donors (Lipinski definition) is 0. The zero-order valence-corrected chi connectivity index (χ0v) is 19.6. The van der Waals surface area contributed by atoms with Crippen LogP contribution in [0.2, 0.25) is 5.02 Å². The van der Waals surface area contributed by atoms with Crippen molar-refractivity contribution >= 4 is 40.2 Å². The largest absolute Gasteiger partial charge is 0.465 e. The number of carbonyl (C=O) groups excluding carboxylic acids is 1. The number of benzene rings is 2. The molecule has 0 atom stereocenters. The van der Waals surface area contributed by atoms with Gasteiger partial charge in [0.2, 0.25) is 0 Å². The summed E-state index contributed by atoms with van der Waals surface area (Å²) in [6.45, 7) is 4.00. The summed E-state index contributed by atoms with van der Waals surface area (Å²) in [6, 6.07) is 9.20. The van der Waals surface area contributed by atoms with Gasteiger partial charge in [0.15, 0.2) is 5.16 Å². The van der Waals surface area contributed by atoms with E-state index in [1.54, 1.807) is 28.8 Å². The van der Waals surface area contributed by atoms with Crippen molar-refractivity contribution < 1.29 is 18.7 Å². The topological polar surface area (TPSA) is 73.7 Å². The van der Waals surface area contributed by atoms with Crippen LogP contribution in [0.3, 0.4) is 0 Å². The van der Waals surface area contributed by atoms with Crippen LogP contribution in [0.15, 0.2) is 46.3 Å². The highest BCUT2D eigenvalue weighted by atomic mass is 35.5. The van der Waals surface area contributed by atoms with E-state index in [4.69, 9.17) is 21.1 Å². The molecule has 0 saturated carbocycles. The second kappa shape index (κ2) is 10.6. The standard InChI is InChI=1S/C23H23ClFN3O4S/c1-31-22(30)15-5-6-16-20(13-15)26-23(33-14-17-18(24)3-2-4-19(17)25)28(21(16)29)8-7-27-9-11-32-12-10-27/h2-6,13H,7-12,14H2,1H3. The van der Waals surface area contributed by atoms with Crippen LogP contribution < -0.4 is 5.56 Å². The Kier molecular flexibility index (Phi) is 7.64. The van der Waals surface area contributed by atoms with Gasteiger partial charge in [-0.1, -0.05) is 29.4 Å². The van der Waals surface area contributed by atoms with E-state index >= 15 is 0 Å². The molecule has 33 heavy (non-hydrogen) atoms. The lowest BCUT2D eigenvalue weighted by atomic mass is 10.1. The summed E-state index contributed by atoms with van der Waals surface area (Å²) in [5.74, 6) is -0.717. The third-order valence-electron chi connectivity index (χ3n) is 5.49. The van der Waals surface area contributed by atoms with Crippen LogP contribution in [0.1, 0.15) is 15.9 Å². The molecule has 4 rings (SSSR count). The molecule has 0 spiro atoms. The number of carbonyl (C=O) groups is 1.